The summed E-state index contributed by atoms with van der Waals surface area (Å²) in [6, 6.07) is 1.95. The van der Waals surface area contributed by atoms with Gasteiger partial charge in [-0.2, -0.15) is 0 Å². The smallest absolute Gasteiger partial charge is 0.161 e. The molecule has 106 valence electrons. The van der Waals surface area contributed by atoms with E-state index in [1.807, 2.05) is 0 Å². The van der Waals surface area contributed by atoms with Crippen molar-refractivity contribution >= 4 is 0 Å². The first kappa shape index (κ1) is 14.3. The van der Waals surface area contributed by atoms with Crippen LogP contribution in [0.4, 0.5) is 13.2 Å². The average molecular weight is 273 g/mol. The molecular weight excluding hydrogens is 255 g/mol. The van der Waals surface area contributed by atoms with Crippen LogP contribution in [0.15, 0.2) is 12.1 Å². The zero-order valence-electron chi connectivity index (χ0n) is 10.7. The molecule has 19 heavy (non-hydrogen) atoms. The van der Waals surface area contributed by atoms with Gasteiger partial charge in [0.05, 0.1) is 0 Å². The summed E-state index contributed by atoms with van der Waals surface area (Å²) >= 11 is 0. The highest BCUT2D eigenvalue weighted by molar-refractivity contribution is 5.20. The first-order chi connectivity index (χ1) is 9.11. The van der Waals surface area contributed by atoms with E-state index < -0.39 is 17.5 Å². The minimum absolute atomic E-state index is 0.137. The van der Waals surface area contributed by atoms with Crippen molar-refractivity contribution in [3.63, 3.8) is 0 Å². The third-order valence-electron chi connectivity index (χ3n) is 3.38. The summed E-state index contributed by atoms with van der Waals surface area (Å²) in [6.45, 7) is 1.17. The largest absolute Gasteiger partial charge is 0.396 e. The minimum atomic E-state index is -1.15. The average Bonchev–Trinajstić information content (AvgIpc) is 3.19. The molecule has 2 rings (SSSR count). The molecule has 0 unspecified atom stereocenters. The SMILES string of the molecule is OCCCCN(Cc1cc(F)c(F)cc1F)C1CC1. The first-order valence-electron chi connectivity index (χ1n) is 6.60. The van der Waals surface area contributed by atoms with Gasteiger partial charge in [-0.15, -0.1) is 0 Å². The van der Waals surface area contributed by atoms with Gasteiger partial charge in [0, 0.05) is 30.8 Å². The summed E-state index contributed by atoms with van der Waals surface area (Å²) < 4.78 is 39.6. The Morgan fingerprint density at radius 2 is 1.74 bits per heavy atom. The fourth-order valence-corrected chi connectivity index (χ4v) is 2.16. The topological polar surface area (TPSA) is 23.5 Å². The van der Waals surface area contributed by atoms with Gasteiger partial charge in [0.1, 0.15) is 5.82 Å². The van der Waals surface area contributed by atoms with Gasteiger partial charge < -0.3 is 5.11 Å². The third-order valence-corrected chi connectivity index (χ3v) is 3.38. The Labute approximate surface area is 110 Å². The number of nitrogens with zero attached hydrogens (tertiary/aromatic N) is 1. The predicted octanol–water partition coefficient (Wildman–Crippen LogP) is 2.84. The molecule has 5 heteroatoms. The second-order valence-electron chi connectivity index (χ2n) is 4.99. The molecule has 0 aromatic heterocycles. The van der Waals surface area contributed by atoms with E-state index in [4.69, 9.17) is 5.11 Å². The minimum Gasteiger partial charge on any atom is -0.396 e. The van der Waals surface area contributed by atoms with E-state index >= 15 is 0 Å². The number of aliphatic hydroxyl groups is 1. The third kappa shape index (κ3) is 3.94. The van der Waals surface area contributed by atoms with E-state index in [2.05, 4.69) is 4.90 Å². The lowest BCUT2D eigenvalue weighted by Crippen LogP contribution is -2.27. The number of aliphatic hydroxyl groups excluding tert-OH is 1. The zero-order chi connectivity index (χ0) is 13.8. The molecule has 0 aliphatic heterocycles. The molecule has 0 atom stereocenters. The summed E-state index contributed by atoms with van der Waals surface area (Å²) in [7, 11) is 0. The van der Waals surface area contributed by atoms with Crippen LogP contribution in [0.25, 0.3) is 0 Å². The van der Waals surface area contributed by atoms with Gasteiger partial charge in [-0.05, 0) is 38.3 Å². The lowest BCUT2D eigenvalue weighted by Gasteiger charge is -2.22. The van der Waals surface area contributed by atoms with Crippen molar-refractivity contribution in [2.24, 2.45) is 0 Å². The molecule has 0 spiro atoms. The predicted molar refractivity (Wildman–Crippen MR) is 66.1 cm³/mol. The summed E-state index contributed by atoms with van der Waals surface area (Å²) in [5.41, 5.74) is 0.190. The molecule has 1 aliphatic rings. The highest BCUT2D eigenvalue weighted by Gasteiger charge is 2.29. The Bertz CT molecular complexity index is 435. The molecule has 0 bridgehead atoms. The number of unbranched alkanes of at least 4 members (excludes halogenated alkanes) is 1. The Kier molecular flexibility index (Phi) is 4.82. The van der Waals surface area contributed by atoms with Crippen LogP contribution in [0, 0.1) is 17.5 Å². The monoisotopic (exact) mass is 273 g/mol. The number of hydrogen-bond donors (Lipinski definition) is 1. The number of rotatable bonds is 7. The van der Waals surface area contributed by atoms with Gasteiger partial charge in [0.2, 0.25) is 0 Å². The maximum absolute atomic E-state index is 13.6. The van der Waals surface area contributed by atoms with Gasteiger partial charge in [-0.1, -0.05) is 0 Å². The number of halogens is 3. The maximum atomic E-state index is 13.6. The Hall–Kier alpha value is -1.07. The van der Waals surface area contributed by atoms with Crippen molar-refractivity contribution in [2.75, 3.05) is 13.2 Å². The van der Waals surface area contributed by atoms with Crippen LogP contribution in [-0.4, -0.2) is 29.2 Å². The van der Waals surface area contributed by atoms with Crippen LogP contribution in [0.5, 0.6) is 0 Å². The fraction of sp³-hybridized carbons (Fsp3) is 0.571. The highest BCUT2D eigenvalue weighted by Crippen LogP contribution is 2.29. The van der Waals surface area contributed by atoms with Crippen LogP contribution < -0.4 is 0 Å². The zero-order valence-corrected chi connectivity index (χ0v) is 10.7. The number of benzene rings is 1. The molecule has 0 radical (unpaired) electrons. The van der Waals surface area contributed by atoms with Crippen molar-refractivity contribution in [1.82, 2.24) is 4.90 Å². The fourth-order valence-electron chi connectivity index (χ4n) is 2.16. The molecule has 0 saturated heterocycles. The van der Waals surface area contributed by atoms with E-state index in [0.29, 0.717) is 25.1 Å². The van der Waals surface area contributed by atoms with Crippen molar-refractivity contribution < 1.29 is 18.3 Å². The maximum Gasteiger partial charge on any atom is 0.161 e. The van der Waals surface area contributed by atoms with Crippen molar-refractivity contribution in [3.05, 3.63) is 35.1 Å². The Morgan fingerprint density at radius 1 is 1.05 bits per heavy atom. The Balaban J connectivity index is 2.02. The van der Waals surface area contributed by atoms with Crippen LogP contribution in [0.1, 0.15) is 31.2 Å². The summed E-state index contributed by atoms with van der Waals surface area (Å²) in [5.74, 6) is -2.87. The molecule has 1 aromatic rings. The van der Waals surface area contributed by atoms with Gasteiger partial charge in [0.25, 0.3) is 0 Å². The van der Waals surface area contributed by atoms with Crippen molar-refractivity contribution in [3.8, 4) is 0 Å². The summed E-state index contributed by atoms with van der Waals surface area (Å²) in [5, 5.41) is 8.76. The van der Waals surface area contributed by atoms with E-state index in [9.17, 15) is 13.2 Å². The van der Waals surface area contributed by atoms with Gasteiger partial charge in [-0.25, -0.2) is 13.2 Å². The molecule has 1 aromatic carbocycles. The normalized spacial score (nSPS) is 15.2. The van der Waals surface area contributed by atoms with Gasteiger partial charge in [0.15, 0.2) is 11.6 Å². The first-order valence-corrected chi connectivity index (χ1v) is 6.60. The molecule has 0 amide bonds. The quantitative estimate of drug-likeness (QED) is 0.610. The van der Waals surface area contributed by atoms with E-state index in [-0.39, 0.29) is 12.2 Å². The second kappa shape index (κ2) is 6.39. The molecule has 1 saturated carbocycles. The number of hydrogen-bond acceptors (Lipinski definition) is 2. The van der Waals surface area contributed by atoms with Crippen molar-refractivity contribution in [2.45, 2.75) is 38.3 Å². The van der Waals surface area contributed by atoms with Crippen LogP contribution in [0.3, 0.4) is 0 Å². The van der Waals surface area contributed by atoms with Crippen LogP contribution in [0.2, 0.25) is 0 Å². The molecule has 1 aliphatic carbocycles. The van der Waals surface area contributed by atoms with Crippen LogP contribution in [-0.2, 0) is 6.54 Å². The van der Waals surface area contributed by atoms with Gasteiger partial charge >= 0.3 is 0 Å². The lowest BCUT2D eigenvalue weighted by molar-refractivity contribution is 0.226. The van der Waals surface area contributed by atoms with Crippen LogP contribution >= 0.6 is 0 Å². The molecule has 0 heterocycles. The second-order valence-corrected chi connectivity index (χ2v) is 4.99. The molecule has 1 N–H and O–H groups in total. The Morgan fingerprint density at radius 3 is 2.37 bits per heavy atom. The summed E-state index contributed by atoms with van der Waals surface area (Å²) in [4.78, 5) is 2.07. The van der Waals surface area contributed by atoms with Crippen molar-refractivity contribution in [1.29, 1.82) is 0 Å². The highest BCUT2D eigenvalue weighted by atomic mass is 19.2. The molecule has 2 nitrogen and oxygen atoms in total. The summed E-state index contributed by atoms with van der Waals surface area (Å²) in [6.07, 6.45) is 3.64. The van der Waals surface area contributed by atoms with E-state index in [0.717, 1.165) is 31.9 Å². The standard InChI is InChI=1S/C14H18F3NO/c15-12-8-14(17)13(16)7-10(12)9-18(11-3-4-11)5-1-2-6-19/h7-8,11,19H,1-6,9H2. The van der Waals surface area contributed by atoms with E-state index in [1.54, 1.807) is 0 Å². The lowest BCUT2D eigenvalue weighted by atomic mass is 10.1. The van der Waals surface area contributed by atoms with Gasteiger partial charge in [-0.3, -0.25) is 4.90 Å². The van der Waals surface area contributed by atoms with E-state index in [1.165, 1.54) is 0 Å². The molecule has 1 fully saturated rings. The molecular formula is C14H18F3NO.